The monoisotopic (exact) mass is 397 g/mol. The summed E-state index contributed by atoms with van der Waals surface area (Å²) in [7, 11) is 0. The lowest BCUT2D eigenvalue weighted by molar-refractivity contribution is -0.127. The molecule has 4 rings (SSSR count). The van der Waals surface area contributed by atoms with Gasteiger partial charge in [0.25, 0.3) is 5.91 Å². The maximum absolute atomic E-state index is 13.3. The van der Waals surface area contributed by atoms with Gasteiger partial charge in [0.15, 0.2) is 0 Å². The number of amides is 2. The molecule has 0 spiro atoms. The SMILES string of the molecule is CC[C@H](C)[C@H](C(=O)NC[C@@H]1CCCN2CCCC[C@@H]12)N1Cc2ccccc2C1=O. The van der Waals surface area contributed by atoms with Gasteiger partial charge in [-0.2, -0.15) is 0 Å². The molecule has 0 bridgehead atoms. The highest BCUT2D eigenvalue weighted by molar-refractivity contribution is 6.01. The van der Waals surface area contributed by atoms with Crippen LogP contribution in [-0.2, 0) is 11.3 Å². The van der Waals surface area contributed by atoms with Gasteiger partial charge in [-0.1, -0.05) is 44.9 Å². The number of hydrogen-bond donors (Lipinski definition) is 1. The first kappa shape index (κ1) is 20.4. The van der Waals surface area contributed by atoms with Crippen LogP contribution in [0.1, 0.15) is 68.3 Å². The Morgan fingerprint density at radius 1 is 1.17 bits per heavy atom. The van der Waals surface area contributed by atoms with Gasteiger partial charge in [-0.05, 0) is 62.2 Å². The molecule has 2 saturated heterocycles. The molecule has 0 saturated carbocycles. The summed E-state index contributed by atoms with van der Waals surface area (Å²) in [6.45, 7) is 7.89. The molecule has 29 heavy (non-hydrogen) atoms. The molecule has 1 aromatic carbocycles. The van der Waals surface area contributed by atoms with Crippen molar-refractivity contribution >= 4 is 11.8 Å². The Morgan fingerprint density at radius 2 is 1.97 bits per heavy atom. The highest BCUT2D eigenvalue weighted by Gasteiger charge is 2.39. The number of benzene rings is 1. The van der Waals surface area contributed by atoms with E-state index in [9.17, 15) is 9.59 Å². The first-order valence-electron chi connectivity index (χ1n) is 11.5. The van der Waals surface area contributed by atoms with Crippen LogP contribution >= 0.6 is 0 Å². The van der Waals surface area contributed by atoms with Crippen molar-refractivity contribution in [3.63, 3.8) is 0 Å². The number of hydrogen-bond acceptors (Lipinski definition) is 3. The van der Waals surface area contributed by atoms with Crippen LogP contribution in [0.5, 0.6) is 0 Å². The number of piperidine rings is 2. The fourth-order valence-corrected chi connectivity index (χ4v) is 5.58. The van der Waals surface area contributed by atoms with E-state index in [4.69, 9.17) is 0 Å². The van der Waals surface area contributed by atoms with Crippen molar-refractivity contribution in [2.45, 2.75) is 71.0 Å². The van der Waals surface area contributed by atoms with E-state index in [2.05, 4.69) is 24.1 Å². The van der Waals surface area contributed by atoms with E-state index in [1.165, 1.54) is 45.2 Å². The standard InChI is InChI=1S/C24H35N3O2/c1-3-17(2)22(27-16-19-9-4-5-11-20(19)24(27)29)23(28)25-15-18-10-8-14-26-13-7-6-12-21(18)26/h4-5,9,11,17-18,21-22H,3,6-8,10,12-16H2,1-2H3,(H,25,28)/t17-,18-,21-,22+/m0/s1. The van der Waals surface area contributed by atoms with Crippen LogP contribution in [0.25, 0.3) is 0 Å². The Morgan fingerprint density at radius 3 is 2.76 bits per heavy atom. The van der Waals surface area contributed by atoms with Gasteiger partial charge in [-0.25, -0.2) is 0 Å². The van der Waals surface area contributed by atoms with E-state index in [1.807, 2.05) is 24.3 Å². The van der Waals surface area contributed by atoms with Gasteiger partial charge in [0.05, 0.1) is 0 Å². The average molecular weight is 398 g/mol. The molecule has 158 valence electrons. The minimum absolute atomic E-state index is 0.00262. The van der Waals surface area contributed by atoms with Gasteiger partial charge >= 0.3 is 0 Å². The number of carbonyl (C=O) groups excluding carboxylic acids is 2. The largest absolute Gasteiger partial charge is 0.354 e. The average Bonchev–Trinajstić information content (AvgIpc) is 3.08. The molecule has 2 amide bonds. The molecule has 3 heterocycles. The lowest BCUT2D eigenvalue weighted by Gasteiger charge is -2.44. The van der Waals surface area contributed by atoms with Gasteiger partial charge in [-0.3, -0.25) is 9.59 Å². The topological polar surface area (TPSA) is 52.7 Å². The Labute approximate surface area is 174 Å². The number of carbonyl (C=O) groups is 2. The summed E-state index contributed by atoms with van der Waals surface area (Å²) in [6.07, 6.45) is 7.17. The predicted molar refractivity (Wildman–Crippen MR) is 115 cm³/mol. The minimum Gasteiger partial charge on any atom is -0.354 e. The van der Waals surface area contributed by atoms with Crippen molar-refractivity contribution in [3.8, 4) is 0 Å². The lowest BCUT2D eigenvalue weighted by atomic mass is 9.83. The lowest BCUT2D eigenvalue weighted by Crippen LogP contribution is -2.54. The van der Waals surface area contributed by atoms with E-state index >= 15 is 0 Å². The quantitative estimate of drug-likeness (QED) is 0.800. The Bertz CT molecular complexity index is 747. The van der Waals surface area contributed by atoms with Gasteiger partial charge in [0.2, 0.25) is 5.91 Å². The normalized spacial score (nSPS) is 26.6. The third kappa shape index (κ3) is 4.07. The van der Waals surface area contributed by atoms with Crippen LogP contribution in [0, 0.1) is 11.8 Å². The smallest absolute Gasteiger partial charge is 0.255 e. The number of nitrogens with zero attached hydrogens (tertiary/aromatic N) is 2. The summed E-state index contributed by atoms with van der Waals surface area (Å²) in [5, 5.41) is 3.27. The molecule has 3 aliphatic heterocycles. The van der Waals surface area contributed by atoms with E-state index in [0.29, 0.717) is 18.5 Å². The molecule has 0 aromatic heterocycles. The summed E-state index contributed by atoms with van der Waals surface area (Å²) in [6, 6.07) is 7.97. The highest BCUT2D eigenvalue weighted by Crippen LogP contribution is 2.31. The number of rotatable bonds is 6. The van der Waals surface area contributed by atoms with Crippen molar-refractivity contribution in [2.75, 3.05) is 19.6 Å². The van der Waals surface area contributed by atoms with Gasteiger partial charge in [-0.15, -0.1) is 0 Å². The minimum atomic E-state index is -0.397. The first-order chi connectivity index (χ1) is 14.1. The van der Waals surface area contributed by atoms with E-state index in [0.717, 1.165) is 24.1 Å². The molecule has 0 aliphatic carbocycles. The summed E-state index contributed by atoms with van der Waals surface area (Å²) < 4.78 is 0. The number of nitrogens with one attached hydrogen (secondary N) is 1. The van der Waals surface area contributed by atoms with Crippen molar-refractivity contribution in [1.82, 2.24) is 15.1 Å². The van der Waals surface area contributed by atoms with Crippen LogP contribution in [0.4, 0.5) is 0 Å². The fraction of sp³-hybridized carbons (Fsp3) is 0.667. The molecular formula is C24H35N3O2. The molecule has 4 atom stereocenters. The van der Waals surface area contributed by atoms with Gasteiger partial charge in [0, 0.05) is 24.7 Å². The zero-order valence-corrected chi connectivity index (χ0v) is 17.9. The van der Waals surface area contributed by atoms with Crippen LogP contribution in [0.2, 0.25) is 0 Å². The first-order valence-corrected chi connectivity index (χ1v) is 11.5. The molecule has 0 radical (unpaired) electrons. The summed E-state index contributed by atoms with van der Waals surface area (Å²) in [5.74, 6) is 0.688. The Kier molecular flexibility index (Phi) is 6.23. The Hall–Kier alpha value is -1.88. The highest BCUT2D eigenvalue weighted by atomic mass is 16.2. The van der Waals surface area contributed by atoms with Gasteiger partial charge < -0.3 is 15.1 Å². The van der Waals surface area contributed by atoms with Crippen LogP contribution in [0.15, 0.2) is 24.3 Å². The van der Waals surface area contributed by atoms with Crippen LogP contribution in [-0.4, -0.2) is 53.3 Å². The van der Waals surface area contributed by atoms with E-state index < -0.39 is 6.04 Å². The second-order valence-electron chi connectivity index (χ2n) is 9.17. The predicted octanol–water partition coefficient (Wildman–Crippen LogP) is 3.44. The van der Waals surface area contributed by atoms with Crippen LogP contribution < -0.4 is 5.32 Å². The Balaban J connectivity index is 1.44. The molecule has 3 aliphatic rings. The van der Waals surface area contributed by atoms with Crippen LogP contribution in [0.3, 0.4) is 0 Å². The second-order valence-corrected chi connectivity index (χ2v) is 9.17. The number of fused-ring (bicyclic) bond motifs is 2. The van der Waals surface area contributed by atoms with Crippen molar-refractivity contribution < 1.29 is 9.59 Å². The molecule has 1 N–H and O–H groups in total. The third-order valence-electron chi connectivity index (χ3n) is 7.40. The fourth-order valence-electron chi connectivity index (χ4n) is 5.58. The van der Waals surface area contributed by atoms with E-state index in [1.54, 1.807) is 4.90 Å². The van der Waals surface area contributed by atoms with Crippen molar-refractivity contribution in [1.29, 1.82) is 0 Å². The second kappa shape index (κ2) is 8.86. The molecule has 2 fully saturated rings. The zero-order valence-electron chi connectivity index (χ0n) is 17.9. The summed E-state index contributed by atoms with van der Waals surface area (Å²) in [5.41, 5.74) is 1.78. The summed E-state index contributed by atoms with van der Waals surface area (Å²) >= 11 is 0. The molecule has 5 nitrogen and oxygen atoms in total. The summed E-state index contributed by atoms with van der Waals surface area (Å²) in [4.78, 5) is 30.7. The zero-order chi connectivity index (χ0) is 20.4. The van der Waals surface area contributed by atoms with Crippen molar-refractivity contribution in [2.24, 2.45) is 11.8 Å². The van der Waals surface area contributed by atoms with Crippen molar-refractivity contribution in [3.05, 3.63) is 35.4 Å². The van der Waals surface area contributed by atoms with E-state index in [-0.39, 0.29) is 17.7 Å². The maximum atomic E-state index is 13.3. The maximum Gasteiger partial charge on any atom is 0.255 e. The third-order valence-corrected chi connectivity index (χ3v) is 7.40. The van der Waals surface area contributed by atoms with Gasteiger partial charge in [0.1, 0.15) is 6.04 Å². The molecule has 0 unspecified atom stereocenters. The molecule has 1 aromatic rings. The molecular weight excluding hydrogens is 362 g/mol. The molecule has 5 heteroatoms.